The van der Waals surface area contributed by atoms with Gasteiger partial charge in [-0.25, -0.2) is 0 Å². The van der Waals surface area contributed by atoms with Gasteiger partial charge in [0.15, 0.2) is 0 Å². The Morgan fingerprint density at radius 3 is 2.71 bits per heavy atom. The fourth-order valence-electron chi connectivity index (χ4n) is 1.88. The molecule has 108 valence electrons. The van der Waals surface area contributed by atoms with E-state index >= 15 is 0 Å². The fraction of sp³-hybridized carbons (Fsp3) is 0.235. The number of anilines is 1. The van der Waals surface area contributed by atoms with Crippen molar-refractivity contribution in [2.24, 2.45) is 0 Å². The lowest BCUT2D eigenvalue weighted by Gasteiger charge is -2.15. The zero-order chi connectivity index (χ0) is 15.1. The first kappa shape index (κ1) is 14.9. The van der Waals surface area contributed by atoms with Gasteiger partial charge in [0.2, 0.25) is 0 Å². The van der Waals surface area contributed by atoms with Crippen molar-refractivity contribution in [3.63, 3.8) is 0 Å². The summed E-state index contributed by atoms with van der Waals surface area (Å²) in [5.41, 5.74) is 2.48. The van der Waals surface area contributed by atoms with Crippen molar-refractivity contribution < 1.29 is 9.84 Å². The molecule has 0 bridgehead atoms. The molecule has 0 saturated heterocycles. The molecule has 0 heterocycles. The molecule has 0 saturated carbocycles. The predicted molar refractivity (Wildman–Crippen MR) is 82.3 cm³/mol. The molecule has 0 aromatic heterocycles. The minimum atomic E-state index is -0.629. The lowest BCUT2D eigenvalue weighted by Crippen LogP contribution is -2.26. The standard InChI is InChI=1S/C17H18N2O2/c1-13-7-8-14(10-18)9-17(13)19-11-15(20)12-21-16-5-3-2-4-6-16/h2-9,15,19-20H,11-12H2,1H3. The molecule has 0 aliphatic carbocycles. The molecule has 4 heteroatoms. The number of aliphatic hydroxyl groups is 1. The molecule has 1 atom stereocenters. The van der Waals surface area contributed by atoms with Gasteiger partial charge in [-0.05, 0) is 36.8 Å². The quantitative estimate of drug-likeness (QED) is 0.855. The second-order valence-corrected chi connectivity index (χ2v) is 4.80. The van der Waals surface area contributed by atoms with Crippen LogP contribution in [-0.2, 0) is 0 Å². The highest BCUT2D eigenvalue weighted by molar-refractivity contribution is 5.55. The Hall–Kier alpha value is -2.51. The molecule has 0 aliphatic rings. The van der Waals surface area contributed by atoms with Gasteiger partial charge in [-0.2, -0.15) is 5.26 Å². The summed E-state index contributed by atoms with van der Waals surface area (Å²) in [7, 11) is 0. The molecule has 0 spiro atoms. The molecule has 0 fully saturated rings. The maximum atomic E-state index is 9.94. The first-order valence-electron chi connectivity index (χ1n) is 6.79. The van der Waals surface area contributed by atoms with Crippen LogP contribution in [0.3, 0.4) is 0 Å². The summed E-state index contributed by atoms with van der Waals surface area (Å²) < 4.78 is 5.49. The predicted octanol–water partition coefficient (Wildman–Crippen LogP) is 2.72. The van der Waals surface area contributed by atoms with Crippen molar-refractivity contribution in [3.05, 3.63) is 59.7 Å². The molecular weight excluding hydrogens is 264 g/mol. The van der Waals surface area contributed by atoms with E-state index < -0.39 is 6.10 Å². The van der Waals surface area contributed by atoms with E-state index in [2.05, 4.69) is 11.4 Å². The molecule has 0 aliphatic heterocycles. The molecule has 21 heavy (non-hydrogen) atoms. The van der Waals surface area contributed by atoms with Crippen LogP contribution in [0.25, 0.3) is 0 Å². The Morgan fingerprint density at radius 2 is 2.00 bits per heavy atom. The highest BCUT2D eigenvalue weighted by atomic mass is 16.5. The smallest absolute Gasteiger partial charge is 0.119 e. The van der Waals surface area contributed by atoms with Crippen molar-refractivity contribution in [3.8, 4) is 11.8 Å². The third-order valence-electron chi connectivity index (χ3n) is 3.08. The van der Waals surface area contributed by atoms with Gasteiger partial charge in [0.1, 0.15) is 18.5 Å². The van der Waals surface area contributed by atoms with E-state index in [0.717, 1.165) is 17.0 Å². The molecule has 4 nitrogen and oxygen atoms in total. The molecule has 2 rings (SSSR count). The minimum Gasteiger partial charge on any atom is -0.491 e. The average Bonchev–Trinajstić information content (AvgIpc) is 2.53. The Balaban J connectivity index is 1.84. The third kappa shape index (κ3) is 4.51. The van der Waals surface area contributed by atoms with Gasteiger partial charge in [0.05, 0.1) is 11.6 Å². The van der Waals surface area contributed by atoms with Crippen LogP contribution in [0.15, 0.2) is 48.5 Å². The minimum absolute atomic E-state index is 0.216. The molecule has 2 aromatic carbocycles. The van der Waals surface area contributed by atoms with Crippen LogP contribution in [0.4, 0.5) is 5.69 Å². The number of nitriles is 1. The van der Waals surface area contributed by atoms with Crippen LogP contribution in [0, 0.1) is 18.3 Å². The number of aliphatic hydroxyl groups excluding tert-OH is 1. The van der Waals surface area contributed by atoms with Crippen LogP contribution < -0.4 is 10.1 Å². The summed E-state index contributed by atoms with van der Waals surface area (Å²) in [6.45, 7) is 2.53. The van der Waals surface area contributed by atoms with E-state index in [1.807, 2.05) is 43.3 Å². The molecule has 0 amide bonds. The molecule has 0 radical (unpaired) electrons. The monoisotopic (exact) mass is 282 g/mol. The van der Waals surface area contributed by atoms with Crippen molar-refractivity contribution in [2.75, 3.05) is 18.5 Å². The van der Waals surface area contributed by atoms with Crippen LogP contribution in [0.1, 0.15) is 11.1 Å². The number of nitrogens with zero attached hydrogens (tertiary/aromatic N) is 1. The normalized spacial score (nSPS) is 11.5. The summed E-state index contributed by atoms with van der Waals surface area (Å²) >= 11 is 0. The van der Waals surface area contributed by atoms with E-state index in [4.69, 9.17) is 10.00 Å². The zero-order valence-electron chi connectivity index (χ0n) is 11.9. The highest BCUT2D eigenvalue weighted by Crippen LogP contribution is 2.16. The van der Waals surface area contributed by atoms with Crippen molar-refractivity contribution in [1.29, 1.82) is 5.26 Å². The van der Waals surface area contributed by atoms with E-state index in [1.54, 1.807) is 12.1 Å². The number of aryl methyl sites for hydroxylation is 1. The SMILES string of the molecule is Cc1ccc(C#N)cc1NCC(O)COc1ccccc1. The van der Waals surface area contributed by atoms with Crippen LogP contribution in [0.2, 0.25) is 0 Å². The number of hydrogen-bond donors (Lipinski definition) is 2. The number of nitrogens with one attached hydrogen (secondary N) is 1. The Morgan fingerprint density at radius 1 is 1.24 bits per heavy atom. The van der Waals surface area contributed by atoms with E-state index in [9.17, 15) is 5.11 Å². The summed E-state index contributed by atoms with van der Waals surface area (Å²) in [5, 5.41) is 22.0. The first-order chi connectivity index (χ1) is 10.2. The number of hydrogen-bond acceptors (Lipinski definition) is 4. The summed E-state index contributed by atoms with van der Waals surface area (Å²) in [6, 6.07) is 16.9. The third-order valence-corrected chi connectivity index (χ3v) is 3.08. The van der Waals surface area contributed by atoms with Gasteiger partial charge in [0.25, 0.3) is 0 Å². The van der Waals surface area contributed by atoms with Gasteiger partial charge < -0.3 is 15.2 Å². The Kier molecular flexibility index (Phi) is 5.19. The van der Waals surface area contributed by atoms with Crippen LogP contribution in [0.5, 0.6) is 5.75 Å². The van der Waals surface area contributed by atoms with Crippen molar-refractivity contribution in [1.82, 2.24) is 0 Å². The van der Waals surface area contributed by atoms with Gasteiger partial charge in [-0.15, -0.1) is 0 Å². The average molecular weight is 282 g/mol. The lowest BCUT2D eigenvalue weighted by molar-refractivity contribution is 0.117. The number of ether oxygens (including phenoxy) is 1. The van der Waals surface area contributed by atoms with Gasteiger partial charge >= 0.3 is 0 Å². The maximum Gasteiger partial charge on any atom is 0.119 e. The van der Waals surface area contributed by atoms with E-state index in [0.29, 0.717) is 12.1 Å². The Bertz CT molecular complexity index is 620. The number of para-hydroxylation sites is 1. The van der Waals surface area contributed by atoms with Gasteiger partial charge in [-0.3, -0.25) is 0 Å². The Labute approximate surface area is 124 Å². The highest BCUT2D eigenvalue weighted by Gasteiger charge is 2.07. The second kappa shape index (κ2) is 7.32. The van der Waals surface area contributed by atoms with Gasteiger partial charge in [-0.1, -0.05) is 24.3 Å². The second-order valence-electron chi connectivity index (χ2n) is 4.80. The topological polar surface area (TPSA) is 65.3 Å². The number of benzene rings is 2. The fourth-order valence-corrected chi connectivity index (χ4v) is 1.88. The summed E-state index contributed by atoms with van der Waals surface area (Å²) in [5.74, 6) is 0.735. The zero-order valence-corrected chi connectivity index (χ0v) is 11.9. The van der Waals surface area contributed by atoms with Crippen molar-refractivity contribution in [2.45, 2.75) is 13.0 Å². The van der Waals surface area contributed by atoms with E-state index in [-0.39, 0.29) is 6.61 Å². The first-order valence-corrected chi connectivity index (χ1v) is 6.79. The summed E-state index contributed by atoms with van der Waals surface area (Å²) in [4.78, 5) is 0. The molecule has 1 unspecified atom stereocenters. The number of rotatable bonds is 6. The largest absolute Gasteiger partial charge is 0.491 e. The van der Waals surface area contributed by atoms with Crippen LogP contribution in [-0.4, -0.2) is 24.4 Å². The lowest BCUT2D eigenvalue weighted by atomic mass is 10.1. The molecular formula is C17H18N2O2. The van der Waals surface area contributed by atoms with Crippen LogP contribution >= 0.6 is 0 Å². The van der Waals surface area contributed by atoms with Gasteiger partial charge in [0, 0.05) is 12.2 Å². The van der Waals surface area contributed by atoms with E-state index in [1.165, 1.54) is 0 Å². The van der Waals surface area contributed by atoms with Crippen molar-refractivity contribution >= 4 is 5.69 Å². The maximum absolute atomic E-state index is 9.94. The summed E-state index contributed by atoms with van der Waals surface area (Å²) in [6.07, 6.45) is -0.629. The molecule has 2 aromatic rings. The molecule has 2 N–H and O–H groups in total.